The number of ether oxygens (including phenoxy) is 2. The molecular weight excluding hydrogens is 264 g/mol. The Balaban J connectivity index is 2.07. The number of hydrogen-bond acceptors (Lipinski definition) is 3. The lowest BCUT2D eigenvalue weighted by molar-refractivity contribution is -0.144. The molecule has 0 spiro atoms. The zero-order valence-corrected chi connectivity index (χ0v) is 12.2. The lowest BCUT2D eigenvalue weighted by Crippen LogP contribution is -2.18. The van der Waals surface area contributed by atoms with Gasteiger partial charge in [0.2, 0.25) is 0 Å². The van der Waals surface area contributed by atoms with Crippen LogP contribution < -0.4 is 0 Å². The molecular formula is C18H18O3. The van der Waals surface area contributed by atoms with E-state index in [-0.39, 0.29) is 17.8 Å². The summed E-state index contributed by atoms with van der Waals surface area (Å²) in [5.74, 6) is -0.551. The van der Waals surface area contributed by atoms with Gasteiger partial charge >= 0.3 is 5.97 Å². The van der Waals surface area contributed by atoms with Gasteiger partial charge in [0, 0.05) is 13.0 Å². The highest BCUT2D eigenvalue weighted by Gasteiger charge is 2.71. The van der Waals surface area contributed by atoms with Crippen molar-refractivity contribution in [2.45, 2.75) is 11.5 Å². The third-order valence-corrected chi connectivity index (χ3v) is 4.32. The Morgan fingerprint density at radius 1 is 0.952 bits per heavy atom. The van der Waals surface area contributed by atoms with Crippen LogP contribution in [0.1, 0.15) is 17.0 Å². The molecule has 0 saturated heterocycles. The summed E-state index contributed by atoms with van der Waals surface area (Å²) in [6, 6.07) is 19.9. The molecule has 0 unspecified atom stereocenters. The summed E-state index contributed by atoms with van der Waals surface area (Å²) in [5, 5.41) is 0. The second-order valence-electron chi connectivity index (χ2n) is 5.25. The van der Waals surface area contributed by atoms with Crippen LogP contribution in [0, 0.1) is 5.92 Å². The summed E-state index contributed by atoms with van der Waals surface area (Å²) in [7, 11) is 3.08. The summed E-state index contributed by atoms with van der Waals surface area (Å²) < 4.78 is 10.8. The molecule has 0 bridgehead atoms. The Labute approximate surface area is 124 Å². The van der Waals surface area contributed by atoms with E-state index in [0.717, 1.165) is 11.1 Å². The first kappa shape index (κ1) is 13.8. The van der Waals surface area contributed by atoms with Crippen LogP contribution in [0.25, 0.3) is 0 Å². The topological polar surface area (TPSA) is 35.5 Å². The Hall–Kier alpha value is -2.13. The fraction of sp³-hybridized carbons (Fsp3) is 0.278. The molecule has 21 heavy (non-hydrogen) atoms. The maximum atomic E-state index is 12.2. The largest absolute Gasteiger partial charge is 0.469 e. The summed E-state index contributed by atoms with van der Waals surface area (Å²) in [6.45, 7) is 0. The molecule has 1 fully saturated rings. The highest BCUT2D eigenvalue weighted by Crippen LogP contribution is 2.66. The minimum absolute atomic E-state index is 0.0152. The molecule has 0 aliphatic heterocycles. The third-order valence-electron chi connectivity index (χ3n) is 4.32. The van der Waals surface area contributed by atoms with E-state index in [9.17, 15) is 4.79 Å². The van der Waals surface area contributed by atoms with E-state index in [1.807, 2.05) is 60.7 Å². The Morgan fingerprint density at radius 2 is 1.52 bits per heavy atom. The van der Waals surface area contributed by atoms with Crippen molar-refractivity contribution in [1.29, 1.82) is 0 Å². The first-order chi connectivity index (χ1) is 10.3. The normalized spacial score (nSPS) is 27.1. The van der Waals surface area contributed by atoms with Gasteiger partial charge in [0.15, 0.2) is 0 Å². The molecule has 3 atom stereocenters. The van der Waals surface area contributed by atoms with Crippen LogP contribution in [0.15, 0.2) is 60.7 Å². The van der Waals surface area contributed by atoms with Gasteiger partial charge in [0.25, 0.3) is 0 Å². The molecule has 2 aromatic rings. The van der Waals surface area contributed by atoms with E-state index in [2.05, 4.69) is 0 Å². The lowest BCUT2D eigenvalue weighted by atomic mass is 10.0. The lowest BCUT2D eigenvalue weighted by Gasteiger charge is -2.17. The molecule has 108 valence electrons. The fourth-order valence-electron chi connectivity index (χ4n) is 3.33. The molecule has 0 radical (unpaired) electrons. The van der Waals surface area contributed by atoms with E-state index < -0.39 is 5.60 Å². The first-order valence-corrected chi connectivity index (χ1v) is 6.99. The maximum absolute atomic E-state index is 12.2. The Morgan fingerprint density at radius 3 is 2.05 bits per heavy atom. The van der Waals surface area contributed by atoms with Gasteiger partial charge in [0.05, 0.1) is 7.11 Å². The van der Waals surface area contributed by atoms with Crippen LogP contribution in [0.4, 0.5) is 0 Å². The highest BCUT2D eigenvalue weighted by atomic mass is 16.5. The number of carbonyl (C=O) groups is 1. The number of benzene rings is 2. The van der Waals surface area contributed by atoms with Gasteiger partial charge in [-0.3, -0.25) is 4.79 Å². The molecule has 3 rings (SSSR count). The molecule has 1 aliphatic rings. The van der Waals surface area contributed by atoms with Crippen molar-refractivity contribution in [2.75, 3.05) is 14.2 Å². The smallest absolute Gasteiger partial charge is 0.312 e. The summed E-state index contributed by atoms with van der Waals surface area (Å²) in [6.07, 6.45) is 0. The van der Waals surface area contributed by atoms with Crippen molar-refractivity contribution in [3.05, 3.63) is 71.8 Å². The molecule has 0 aromatic heterocycles. The van der Waals surface area contributed by atoms with Crippen LogP contribution in [0.2, 0.25) is 0 Å². The van der Waals surface area contributed by atoms with Gasteiger partial charge in [0.1, 0.15) is 11.5 Å². The number of rotatable bonds is 4. The number of methoxy groups -OCH3 is 2. The van der Waals surface area contributed by atoms with Crippen LogP contribution in [-0.2, 0) is 19.9 Å². The van der Waals surface area contributed by atoms with E-state index in [1.54, 1.807) is 7.11 Å². The number of esters is 1. The molecule has 1 saturated carbocycles. The molecule has 0 heterocycles. The maximum Gasteiger partial charge on any atom is 0.312 e. The fourth-order valence-corrected chi connectivity index (χ4v) is 3.33. The van der Waals surface area contributed by atoms with Crippen molar-refractivity contribution < 1.29 is 14.3 Å². The van der Waals surface area contributed by atoms with Gasteiger partial charge in [-0.2, -0.15) is 0 Å². The summed E-state index contributed by atoms with van der Waals surface area (Å²) in [4.78, 5) is 12.2. The SMILES string of the molecule is COC(=O)[C@H]1[C@H](c2ccccc2)[C@@]1(OC)c1ccccc1. The second kappa shape index (κ2) is 5.34. The van der Waals surface area contributed by atoms with Crippen molar-refractivity contribution in [2.24, 2.45) is 5.92 Å². The van der Waals surface area contributed by atoms with Gasteiger partial charge in [-0.05, 0) is 11.1 Å². The molecule has 3 nitrogen and oxygen atoms in total. The zero-order chi connectivity index (χ0) is 14.9. The Kier molecular flexibility index (Phi) is 3.52. The number of hydrogen-bond donors (Lipinski definition) is 0. The van der Waals surface area contributed by atoms with Crippen molar-refractivity contribution in [1.82, 2.24) is 0 Å². The van der Waals surface area contributed by atoms with Crippen LogP contribution in [-0.4, -0.2) is 20.2 Å². The summed E-state index contributed by atoms with van der Waals surface area (Å²) >= 11 is 0. The average Bonchev–Trinajstić information content (AvgIpc) is 3.26. The van der Waals surface area contributed by atoms with Gasteiger partial charge in [-0.1, -0.05) is 60.7 Å². The summed E-state index contributed by atoms with van der Waals surface area (Å²) in [5.41, 5.74) is 1.48. The van der Waals surface area contributed by atoms with Crippen LogP contribution >= 0.6 is 0 Å². The van der Waals surface area contributed by atoms with Crippen molar-refractivity contribution >= 4 is 5.97 Å². The van der Waals surface area contributed by atoms with E-state index >= 15 is 0 Å². The third kappa shape index (κ3) is 2.05. The minimum Gasteiger partial charge on any atom is -0.469 e. The van der Waals surface area contributed by atoms with Crippen LogP contribution in [0.5, 0.6) is 0 Å². The van der Waals surface area contributed by atoms with Crippen molar-refractivity contribution in [3.8, 4) is 0 Å². The molecule has 3 heteroatoms. The van der Waals surface area contributed by atoms with E-state index in [0.29, 0.717) is 0 Å². The van der Waals surface area contributed by atoms with Gasteiger partial charge in [-0.15, -0.1) is 0 Å². The Bertz CT molecular complexity index is 623. The standard InChI is InChI=1S/C18H18O3/c1-20-17(19)16-15(13-9-5-3-6-10-13)18(16,21-2)14-11-7-4-8-12-14/h3-12,15-16H,1-2H3/t15-,16+,18-/m0/s1. The van der Waals surface area contributed by atoms with E-state index in [1.165, 1.54) is 7.11 Å². The molecule has 0 N–H and O–H groups in total. The number of carbonyl (C=O) groups excluding carboxylic acids is 1. The van der Waals surface area contributed by atoms with Gasteiger partial charge < -0.3 is 9.47 Å². The molecule has 0 amide bonds. The molecule has 2 aromatic carbocycles. The average molecular weight is 282 g/mol. The quantitative estimate of drug-likeness (QED) is 0.808. The first-order valence-electron chi connectivity index (χ1n) is 6.99. The molecule has 1 aliphatic carbocycles. The zero-order valence-electron chi connectivity index (χ0n) is 12.2. The van der Waals surface area contributed by atoms with Gasteiger partial charge in [-0.25, -0.2) is 0 Å². The van der Waals surface area contributed by atoms with E-state index in [4.69, 9.17) is 9.47 Å². The second-order valence-corrected chi connectivity index (χ2v) is 5.25. The van der Waals surface area contributed by atoms with Crippen LogP contribution in [0.3, 0.4) is 0 Å². The predicted molar refractivity (Wildman–Crippen MR) is 79.8 cm³/mol. The monoisotopic (exact) mass is 282 g/mol. The predicted octanol–water partition coefficient (Wildman–Crippen LogP) is 3.11. The highest BCUT2D eigenvalue weighted by molar-refractivity contribution is 5.81. The van der Waals surface area contributed by atoms with Crippen molar-refractivity contribution in [3.63, 3.8) is 0 Å². The minimum atomic E-state index is -0.629.